The molecule has 3 N–H and O–H groups in total. The second-order valence-corrected chi connectivity index (χ2v) is 6.05. The fraction of sp³-hybridized carbons (Fsp3) is 0.625. The summed E-state index contributed by atoms with van der Waals surface area (Å²) in [7, 11) is 0. The quantitative estimate of drug-likeness (QED) is 0.732. The van der Waals surface area contributed by atoms with E-state index in [1.165, 1.54) is 44.3 Å². The number of benzene rings is 1. The summed E-state index contributed by atoms with van der Waals surface area (Å²) in [6.07, 6.45) is 6.59. The van der Waals surface area contributed by atoms with E-state index >= 15 is 0 Å². The molecule has 3 heteroatoms. The van der Waals surface area contributed by atoms with Crippen LogP contribution in [0.25, 0.3) is 0 Å². The summed E-state index contributed by atoms with van der Waals surface area (Å²) in [5.41, 5.74) is 2.30. The van der Waals surface area contributed by atoms with Crippen LogP contribution in [0.2, 0.25) is 0 Å². The van der Waals surface area contributed by atoms with Gasteiger partial charge in [0.15, 0.2) is 0 Å². The molecule has 19 heavy (non-hydrogen) atoms. The highest BCUT2D eigenvalue weighted by molar-refractivity contribution is 5.54. The number of hydrogen-bond acceptors (Lipinski definition) is 3. The Kier molecular flexibility index (Phi) is 3.65. The Balaban J connectivity index is 1.70. The average molecular weight is 260 g/mol. The standard InChI is InChI=1S/C16H24N2O/c1-11-10-12(19)7-8-14(11)18-16-5-2-4-13(16)15-6-3-9-17-15/h7-8,10,13,15-19H,2-6,9H2,1H3. The summed E-state index contributed by atoms with van der Waals surface area (Å²) in [4.78, 5) is 0. The zero-order valence-corrected chi connectivity index (χ0v) is 11.7. The van der Waals surface area contributed by atoms with Crippen molar-refractivity contribution in [2.75, 3.05) is 11.9 Å². The molecule has 0 radical (unpaired) electrons. The van der Waals surface area contributed by atoms with Crippen LogP contribution in [-0.2, 0) is 0 Å². The molecule has 3 rings (SSSR count). The molecule has 3 unspecified atom stereocenters. The first-order valence-corrected chi connectivity index (χ1v) is 7.53. The highest BCUT2D eigenvalue weighted by Gasteiger charge is 2.34. The molecule has 2 aliphatic rings. The van der Waals surface area contributed by atoms with Crippen LogP contribution in [0.1, 0.15) is 37.7 Å². The predicted octanol–water partition coefficient (Wildman–Crippen LogP) is 3.03. The summed E-state index contributed by atoms with van der Waals surface area (Å²) in [5.74, 6) is 1.11. The summed E-state index contributed by atoms with van der Waals surface area (Å²) in [6.45, 7) is 3.24. The van der Waals surface area contributed by atoms with Gasteiger partial charge in [0.25, 0.3) is 0 Å². The molecule has 1 aliphatic carbocycles. The Hall–Kier alpha value is -1.22. The van der Waals surface area contributed by atoms with Crippen molar-refractivity contribution in [3.63, 3.8) is 0 Å². The molecule has 1 aromatic rings. The molecule has 104 valence electrons. The van der Waals surface area contributed by atoms with E-state index in [4.69, 9.17) is 0 Å². The number of phenols is 1. The molecule has 0 amide bonds. The van der Waals surface area contributed by atoms with Gasteiger partial charge in [0.05, 0.1) is 0 Å². The van der Waals surface area contributed by atoms with Crippen molar-refractivity contribution in [2.24, 2.45) is 5.92 Å². The zero-order valence-electron chi connectivity index (χ0n) is 11.7. The van der Waals surface area contributed by atoms with Crippen LogP contribution in [0.4, 0.5) is 5.69 Å². The maximum absolute atomic E-state index is 9.49. The maximum Gasteiger partial charge on any atom is 0.115 e. The van der Waals surface area contributed by atoms with Crippen molar-refractivity contribution in [3.8, 4) is 5.75 Å². The number of rotatable bonds is 3. The van der Waals surface area contributed by atoms with Gasteiger partial charge in [-0.25, -0.2) is 0 Å². The molecule has 0 aromatic heterocycles. The van der Waals surface area contributed by atoms with Crippen LogP contribution >= 0.6 is 0 Å². The van der Waals surface area contributed by atoms with Crippen molar-refractivity contribution >= 4 is 5.69 Å². The lowest BCUT2D eigenvalue weighted by atomic mass is 9.93. The van der Waals surface area contributed by atoms with Gasteiger partial charge < -0.3 is 15.7 Å². The number of nitrogens with one attached hydrogen (secondary N) is 2. The minimum atomic E-state index is 0.350. The van der Waals surface area contributed by atoms with Crippen LogP contribution in [0.15, 0.2) is 18.2 Å². The van der Waals surface area contributed by atoms with Gasteiger partial charge in [0, 0.05) is 17.8 Å². The van der Waals surface area contributed by atoms with Crippen molar-refractivity contribution in [3.05, 3.63) is 23.8 Å². The monoisotopic (exact) mass is 260 g/mol. The summed E-state index contributed by atoms with van der Waals surface area (Å²) < 4.78 is 0. The Morgan fingerprint density at radius 3 is 2.84 bits per heavy atom. The molecule has 3 atom stereocenters. The Morgan fingerprint density at radius 1 is 1.21 bits per heavy atom. The summed E-state index contributed by atoms with van der Waals surface area (Å²) in [6, 6.07) is 6.89. The topological polar surface area (TPSA) is 44.3 Å². The van der Waals surface area contributed by atoms with E-state index in [9.17, 15) is 5.11 Å². The van der Waals surface area contributed by atoms with E-state index in [1.807, 2.05) is 12.1 Å². The lowest BCUT2D eigenvalue weighted by Gasteiger charge is -2.28. The number of aromatic hydroxyl groups is 1. The van der Waals surface area contributed by atoms with Gasteiger partial charge in [-0.2, -0.15) is 0 Å². The van der Waals surface area contributed by atoms with Gasteiger partial charge in [-0.1, -0.05) is 6.42 Å². The van der Waals surface area contributed by atoms with E-state index in [0.29, 0.717) is 17.8 Å². The summed E-state index contributed by atoms with van der Waals surface area (Å²) in [5, 5.41) is 16.9. The molecule has 1 aromatic carbocycles. The second kappa shape index (κ2) is 5.41. The predicted molar refractivity (Wildman–Crippen MR) is 78.6 cm³/mol. The normalized spacial score (nSPS) is 30.7. The van der Waals surface area contributed by atoms with Gasteiger partial charge in [-0.05, 0) is 68.8 Å². The first-order chi connectivity index (χ1) is 9.24. The Morgan fingerprint density at radius 2 is 2.11 bits per heavy atom. The molecule has 3 nitrogen and oxygen atoms in total. The smallest absolute Gasteiger partial charge is 0.115 e. The molecule has 0 spiro atoms. The van der Waals surface area contributed by atoms with Gasteiger partial charge in [0.1, 0.15) is 5.75 Å². The van der Waals surface area contributed by atoms with Crippen molar-refractivity contribution < 1.29 is 5.11 Å². The van der Waals surface area contributed by atoms with Gasteiger partial charge in [0.2, 0.25) is 0 Å². The van der Waals surface area contributed by atoms with E-state index in [0.717, 1.165) is 11.5 Å². The van der Waals surface area contributed by atoms with E-state index in [2.05, 4.69) is 17.6 Å². The first kappa shape index (κ1) is 12.8. The molecule has 0 bridgehead atoms. The molecule has 1 aliphatic heterocycles. The third kappa shape index (κ3) is 2.71. The van der Waals surface area contributed by atoms with Crippen molar-refractivity contribution in [1.29, 1.82) is 0 Å². The lowest BCUT2D eigenvalue weighted by molar-refractivity contribution is 0.376. The van der Waals surface area contributed by atoms with Crippen LogP contribution in [0, 0.1) is 12.8 Å². The minimum absolute atomic E-state index is 0.350. The third-order valence-electron chi connectivity index (χ3n) is 4.74. The SMILES string of the molecule is Cc1cc(O)ccc1NC1CCCC1C1CCCN1. The fourth-order valence-corrected chi connectivity index (χ4v) is 3.74. The van der Waals surface area contributed by atoms with Crippen LogP contribution < -0.4 is 10.6 Å². The lowest BCUT2D eigenvalue weighted by Crippen LogP contribution is -2.38. The zero-order chi connectivity index (χ0) is 13.2. The molecular formula is C16H24N2O. The molecule has 1 saturated heterocycles. The molecule has 2 fully saturated rings. The number of anilines is 1. The highest BCUT2D eigenvalue weighted by Crippen LogP contribution is 2.34. The fourth-order valence-electron chi connectivity index (χ4n) is 3.74. The Bertz CT molecular complexity index is 440. The average Bonchev–Trinajstić information content (AvgIpc) is 3.03. The van der Waals surface area contributed by atoms with Gasteiger partial charge >= 0.3 is 0 Å². The van der Waals surface area contributed by atoms with Gasteiger partial charge in [-0.15, -0.1) is 0 Å². The van der Waals surface area contributed by atoms with Crippen molar-refractivity contribution in [1.82, 2.24) is 5.32 Å². The maximum atomic E-state index is 9.49. The minimum Gasteiger partial charge on any atom is -0.508 e. The first-order valence-electron chi connectivity index (χ1n) is 7.53. The van der Waals surface area contributed by atoms with E-state index in [-0.39, 0.29) is 0 Å². The van der Waals surface area contributed by atoms with Crippen LogP contribution in [-0.4, -0.2) is 23.7 Å². The number of aryl methyl sites for hydroxylation is 1. The molecule has 1 saturated carbocycles. The van der Waals surface area contributed by atoms with E-state index < -0.39 is 0 Å². The highest BCUT2D eigenvalue weighted by atomic mass is 16.3. The molecule has 1 heterocycles. The summed E-state index contributed by atoms with van der Waals surface area (Å²) >= 11 is 0. The van der Waals surface area contributed by atoms with Crippen LogP contribution in [0.3, 0.4) is 0 Å². The molecular weight excluding hydrogens is 236 g/mol. The number of hydrogen-bond donors (Lipinski definition) is 3. The van der Waals surface area contributed by atoms with Crippen molar-refractivity contribution in [2.45, 2.75) is 51.1 Å². The van der Waals surface area contributed by atoms with E-state index in [1.54, 1.807) is 6.07 Å². The largest absolute Gasteiger partial charge is 0.508 e. The third-order valence-corrected chi connectivity index (χ3v) is 4.74. The number of phenolic OH excluding ortho intramolecular Hbond substituents is 1. The van der Waals surface area contributed by atoms with Gasteiger partial charge in [-0.3, -0.25) is 0 Å². The van der Waals surface area contributed by atoms with Crippen LogP contribution in [0.5, 0.6) is 5.75 Å². The second-order valence-electron chi connectivity index (χ2n) is 6.05. The Labute approximate surface area is 115 Å².